The van der Waals surface area contributed by atoms with Gasteiger partial charge >= 0.3 is 0 Å². The summed E-state index contributed by atoms with van der Waals surface area (Å²) >= 11 is 7.52. The second-order valence-electron chi connectivity index (χ2n) is 6.46. The highest BCUT2D eigenvalue weighted by Crippen LogP contribution is 2.20. The van der Waals surface area contributed by atoms with Crippen molar-refractivity contribution in [2.45, 2.75) is 32.9 Å². The van der Waals surface area contributed by atoms with Crippen LogP contribution in [0, 0.1) is 0 Å². The van der Waals surface area contributed by atoms with Crippen molar-refractivity contribution in [2.24, 2.45) is 0 Å². The van der Waals surface area contributed by atoms with Gasteiger partial charge in [0.05, 0.1) is 18.7 Å². The lowest BCUT2D eigenvalue weighted by Crippen LogP contribution is -2.32. The smallest absolute Gasteiger partial charge is 0.227 e. The van der Waals surface area contributed by atoms with Crippen molar-refractivity contribution in [3.8, 4) is 5.75 Å². The van der Waals surface area contributed by atoms with Crippen LogP contribution in [0.1, 0.15) is 29.6 Å². The highest BCUT2D eigenvalue weighted by Gasteiger charge is 2.15. The third-order valence-corrected chi connectivity index (χ3v) is 5.26. The van der Waals surface area contributed by atoms with E-state index in [1.54, 1.807) is 17.4 Å². The van der Waals surface area contributed by atoms with Crippen molar-refractivity contribution in [1.82, 2.24) is 9.88 Å². The first-order valence-electron chi connectivity index (χ1n) is 9.27. The highest BCUT2D eigenvalue weighted by atomic mass is 35.5. The van der Waals surface area contributed by atoms with Gasteiger partial charge in [0.1, 0.15) is 17.4 Å². The van der Waals surface area contributed by atoms with Crippen LogP contribution in [0.15, 0.2) is 60.0 Å². The molecule has 0 atom stereocenters. The fraction of sp³-hybridized carbons (Fsp3) is 0.273. The predicted octanol–water partition coefficient (Wildman–Crippen LogP) is 5.36. The molecule has 1 amide bonds. The maximum absolute atomic E-state index is 12.7. The van der Waals surface area contributed by atoms with Crippen molar-refractivity contribution in [3.63, 3.8) is 0 Å². The van der Waals surface area contributed by atoms with Crippen LogP contribution >= 0.6 is 22.9 Å². The molecule has 0 N–H and O–H groups in total. The first-order chi connectivity index (χ1) is 13.6. The summed E-state index contributed by atoms with van der Waals surface area (Å²) in [6.07, 6.45) is 1.32. The van der Waals surface area contributed by atoms with Crippen molar-refractivity contribution >= 4 is 28.8 Å². The van der Waals surface area contributed by atoms with Crippen LogP contribution in [0.2, 0.25) is 5.02 Å². The number of amides is 1. The van der Waals surface area contributed by atoms with Crippen molar-refractivity contribution in [1.29, 1.82) is 0 Å². The first-order valence-corrected chi connectivity index (χ1v) is 10.5. The molecule has 28 heavy (non-hydrogen) atoms. The number of benzene rings is 2. The fourth-order valence-corrected chi connectivity index (χ4v) is 3.71. The van der Waals surface area contributed by atoms with Crippen LogP contribution in [-0.2, 0) is 24.4 Å². The average molecular weight is 415 g/mol. The molecule has 0 saturated carbocycles. The van der Waals surface area contributed by atoms with Gasteiger partial charge in [0, 0.05) is 16.9 Å². The molecule has 3 aromatic rings. The summed E-state index contributed by atoms with van der Waals surface area (Å²) in [7, 11) is 0. The van der Waals surface area contributed by atoms with E-state index >= 15 is 0 Å². The summed E-state index contributed by atoms with van der Waals surface area (Å²) in [5.74, 6) is 0.840. The molecule has 3 rings (SSSR count). The van der Waals surface area contributed by atoms with Gasteiger partial charge in [0.15, 0.2) is 0 Å². The molecule has 6 heteroatoms. The Morgan fingerprint density at radius 2 is 2.00 bits per heavy atom. The lowest BCUT2D eigenvalue weighted by atomic mass is 10.1. The van der Waals surface area contributed by atoms with Crippen LogP contribution in [0.5, 0.6) is 5.75 Å². The molecule has 146 valence electrons. The molecular weight excluding hydrogens is 392 g/mol. The second-order valence-corrected chi connectivity index (χ2v) is 7.84. The van der Waals surface area contributed by atoms with Gasteiger partial charge in [-0.25, -0.2) is 4.98 Å². The number of carbonyl (C=O) groups excluding carboxylic acids is 1. The van der Waals surface area contributed by atoms with Crippen LogP contribution in [0.3, 0.4) is 0 Å². The minimum absolute atomic E-state index is 0.123. The zero-order valence-electron chi connectivity index (χ0n) is 15.8. The van der Waals surface area contributed by atoms with Crippen molar-refractivity contribution in [2.75, 3.05) is 6.54 Å². The van der Waals surface area contributed by atoms with E-state index in [9.17, 15) is 4.79 Å². The SMILES string of the molecule is CCCN(Cc1csc(COc2cccc(Cl)c2)n1)C(=O)Cc1ccccc1. The van der Waals surface area contributed by atoms with Gasteiger partial charge in [-0.3, -0.25) is 4.79 Å². The van der Waals surface area contributed by atoms with Crippen LogP contribution < -0.4 is 4.74 Å². The zero-order valence-corrected chi connectivity index (χ0v) is 17.4. The van der Waals surface area contributed by atoms with Crippen molar-refractivity contribution < 1.29 is 9.53 Å². The van der Waals surface area contributed by atoms with E-state index in [1.165, 1.54) is 0 Å². The predicted molar refractivity (Wildman–Crippen MR) is 114 cm³/mol. The van der Waals surface area contributed by atoms with E-state index in [2.05, 4.69) is 11.9 Å². The zero-order chi connectivity index (χ0) is 19.8. The molecule has 0 aliphatic carbocycles. The molecule has 4 nitrogen and oxygen atoms in total. The minimum atomic E-state index is 0.123. The van der Waals surface area contributed by atoms with Crippen LogP contribution in [0.4, 0.5) is 0 Å². The number of nitrogens with zero attached hydrogens (tertiary/aromatic N) is 2. The number of hydrogen-bond acceptors (Lipinski definition) is 4. The van der Waals surface area contributed by atoms with Gasteiger partial charge in [-0.2, -0.15) is 0 Å². The van der Waals surface area contributed by atoms with E-state index < -0.39 is 0 Å². The highest BCUT2D eigenvalue weighted by molar-refractivity contribution is 7.09. The van der Waals surface area contributed by atoms with Crippen LogP contribution in [-0.4, -0.2) is 22.3 Å². The molecular formula is C22H23ClN2O2S. The van der Waals surface area contributed by atoms with Gasteiger partial charge in [-0.1, -0.05) is 54.9 Å². The number of ether oxygens (including phenoxy) is 1. The van der Waals surface area contributed by atoms with Gasteiger partial charge in [-0.05, 0) is 30.2 Å². The monoisotopic (exact) mass is 414 g/mol. The minimum Gasteiger partial charge on any atom is -0.486 e. The number of halogens is 1. The summed E-state index contributed by atoms with van der Waals surface area (Å²) in [5.41, 5.74) is 1.92. The maximum Gasteiger partial charge on any atom is 0.227 e. The molecule has 0 spiro atoms. The number of carbonyl (C=O) groups is 1. The van der Waals surface area contributed by atoms with Gasteiger partial charge < -0.3 is 9.64 Å². The summed E-state index contributed by atoms with van der Waals surface area (Å²) in [4.78, 5) is 19.2. The standard InChI is InChI=1S/C22H23ClN2O2S/c1-2-11-25(22(26)12-17-7-4-3-5-8-17)14-19-16-28-21(24-19)15-27-20-10-6-9-18(23)13-20/h3-10,13,16H,2,11-12,14-15H2,1H3. The summed E-state index contributed by atoms with van der Waals surface area (Å²) in [6.45, 7) is 3.70. The maximum atomic E-state index is 12.7. The van der Waals surface area contributed by atoms with E-state index in [4.69, 9.17) is 16.3 Å². The normalized spacial score (nSPS) is 10.6. The van der Waals surface area contributed by atoms with Gasteiger partial charge in [0.25, 0.3) is 0 Å². The Kier molecular flexibility index (Phi) is 7.46. The number of rotatable bonds is 9. The van der Waals surface area contributed by atoms with E-state index in [-0.39, 0.29) is 5.91 Å². The average Bonchev–Trinajstić information content (AvgIpc) is 3.14. The van der Waals surface area contributed by atoms with Crippen molar-refractivity contribution in [3.05, 3.63) is 81.3 Å². The molecule has 2 aromatic carbocycles. The number of aromatic nitrogens is 1. The third-order valence-electron chi connectivity index (χ3n) is 4.15. The summed E-state index contributed by atoms with van der Waals surface area (Å²) in [5, 5.41) is 3.51. The molecule has 1 aromatic heterocycles. The Bertz CT molecular complexity index is 898. The third kappa shape index (κ3) is 6.08. The Hall–Kier alpha value is -2.37. The summed E-state index contributed by atoms with van der Waals surface area (Å²) < 4.78 is 5.75. The molecule has 0 unspecified atom stereocenters. The Labute approximate surface area is 174 Å². The quantitative estimate of drug-likeness (QED) is 0.473. The lowest BCUT2D eigenvalue weighted by molar-refractivity contribution is -0.131. The molecule has 0 saturated heterocycles. The second kappa shape index (κ2) is 10.2. The fourth-order valence-electron chi connectivity index (χ4n) is 2.83. The van der Waals surface area contributed by atoms with Crippen LogP contribution in [0.25, 0.3) is 0 Å². The van der Waals surface area contributed by atoms with Gasteiger partial charge in [-0.15, -0.1) is 11.3 Å². The molecule has 0 radical (unpaired) electrons. The summed E-state index contributed by atoms with van der Waals surface area (Å²) in [6, 6.07) is 17.1. The Morgan fingerprint density at radius 1 is 1.18 bits per heavy atom. The topological polar surface area (TPSA) is 42.4 Å². The van der Waals surface area contributed by atoms with E-state index in [1.807, 2.05) is 58.8 Å². The largest absolute Gasteiger partial charge is 0.486 e. The lowest BCUT2D eigenvalue weighted by Gasteiger charge is -2.21. The first kappa shape index (κ1) is 20.4. The number of hydrogen-bond donors (Lipinski definition) is 0. The Balaban J connectivity index is 1.58. The molecule has 1 heterocycles. The Morgan fingerprint density at radius 3 is 2.75 bits per heavy atom. The number of thiazole rings is 1. The van der Waals surface area contributed by atoms with Gasteiger partial charge in [0.2, 0.25) is 5.91 Å². The molecule has 0 fully saturated rings. The molecule has 0 aliphatic heterocycles. The van der Waals surface area contributed by atoms with E-state index in [0.29, 0.717) is 24.6 Å². The molecule has 0 bridgehead atoms. The van der Waals surface area contributed by atoms with E-state index in [0.717, 1.165) is 35.0 Å². The molecule has 0 aliphatic rings.